The first-order valence-electron chi connectivity index (χ1n) is 7.10. The van der Waals surface area contributed by atoms with Crippen LogP contribution in [0.5, 0.6) is 5.75 Å². The Morgan fingerprint density at radius 3 is 2.74 bits per heavy atom. The Balaban J connectivity index is 2.55. The number of rotatable bonds is 9. The molecular formula is C15H26N2O2. The van der Waals surface area contributed by atoms with Crippen LogP contribution in [0.3, 0.4) is 0 Å². The van der Waals surface area contributed by atoms with E-state index < -0.39 is 0 Å². The first-order valence-corrected chi connectivity index (χ1v) is 7.10. The van der Waals surface area contributed by atoms with Crippen LogP contribution in [0.1, 0.15) is 38.1 Å². The lowest BCUT2D eigenvalue weighted by atomic mass is 10.1. The molecular weight excluding hydrogens is 240 g/mol. The van der Waals surface area contributed by atoms with Crippen LogP contribution < -0.4 is 10.5 Å². The van der Waals surface area contributed by atoms with E-state index in [2.05, 4.69) is 11.9 Å². The summed E-state index contributed by atoms with van der Waals surface area (Å²) < 4.78 is 11.1. The average Bonchev–Trinajstić information content (AvgIpc) is 2.40. The minimum atomic E-state index is 0.139. The van der Waals surface area contributed by atoms with Crippen molar-refractivity contribution in [2.75, 3.05) is 19.8 Å². The van der Waals surface area contributed by atoms with Gasteiger partial charge in [-0.2, -0.15) is 0 Å². The first kappa shape index (κ1) is 15.9. The van der Waals surface area contributed by atoms with Crippen molar-refractivity contribution in [2.24, 2.45) is 5.73 Å². The Hall–Kier alpha value is -1.13. The Labute approximate surface area is 116 Å². The highest BCUT2D eigenvalue weighted by atomic mass is 16.5. The zero-order valence-corrected chi connectivity index (χ0v) is 12.3. The van der Waals surface area contributed by atoms with Gasteiger partial charge < -0.3 is 15.2 Å². The number of nitrogens with zero attached hydrogens (tertiary/aromatic N) is 1. The fourth-order valence-corrected chi connectivity index (χ4v) is 1.76. The van der Waals surface area contributed by atoms with Crippen LogP contribution in [0.15, 0.2) is 12.1 Å². The largest absolute Gasteiger partial charge is 0.492 e. The predicted molar refractivity (Wildman–Crippen MR) is 77.5 cm³/mol. The van der Waals surface area contributed by atoms with E-state index in [0.29, 0.717) is 6.61 Å². The maximum absolute atomic E-state index is 6.00. The molecule has 0 saturated heterocycles. The number of aryl methyl sites for hydroxylation is 1. The predicted octanol–water partition coefficient (Wildman–Crippen LogP) is 2.48. The topological polar surface area (TPSA) is 57.4 Å². The third kappa shape index (κ3) is 6.03. The highest BCUT2D eigenvalue weighted by molar-refractivity contribution is 5.30. The lowest BCUT2D eigenvalue weighted by Crippen LogP contribution is -2.22. The van der Waals surface area contributed by atoms with E-state index in [0.717, 1.165) is 49.6 Å². The smallest absolute Gasteiger partial charge is 0.140 e. The van der Waals surface area contributed by atoms with E-state index in [9.17, 15) is 0 Å². The fraction of sp³-hybridized carbons (Fsp3) is 0.667. The molecule has 2 N–H and O–H groups in total. The summed E-state index contributed by atoms with van der Waals surface area (Å²) >= 11 is 0. The fourth-order valence-electron chi connectivity index (χ4n) is 1.76. The molecule has 0 saturated carbocycles. The molecule has 0 aromatic carbocycles. The summed E-state index contributed by atoms with van der Waals surface area (Å²) in [6, 6.07) is 4.10. The van der Waals surface area contributed by atoms with Crippen molar-refractivity contribution in [3.8, 4) is 5.75 Å². The van der Waals surface area contributed by atoms with Gasteiger partial charge in [0.05, 0.1) is 12.3 Å². The summed E-state index contributed by atoms with van der Waals surface area (Å²) in [7, 11) is 0. The van der Waals surface area contributed by atoms with Crippen molar-refractivity contribution in [3.05, 3.63) is 23.5 Å². The third-order valence-electron chi connectivity index (χ3n) is 2.95. The van der Waals surface area contributed by atoms with Crippen molar-refractivity contribution in [1.29, 1.82) is 0 Å². The summed E-state index contributed by atoms with van der Waals surface area (Å²) in [5, 5.41) is 0. The Bertz CT molecular complexity index is 369. The molecule has 0 aliphatic heterocycles. The number of aromatic nitrogens is 1. The summed E-state index contributed by atoms with van der Waals surface area (Å²) in [5.41, 5.74) is 7.97. The normalized spacial score (nSPS) is 12.4. The van der Waals surface area contributed by atoms with Crippen molar-refractivity contribution < 1.29 is 9.47 Å². The van der Waals surface area contributed by atoms with Crippen molar-refractivity contribution in [1.82, 2.24) is 4.98 Å². The highest BCUT2D eigenvalue weighted by Gasteiger charge is 2.10. The van der Waals surface area contributed by atoms with E-state index in [4.69, 9.17) is 15.2 Å². The van der Waals surface area contributed by atoms with Gasteiger partial charge >= 0.3 is 0 Å². The molecule has 1 heterocycles. The molecule has 0 fully saturated rings. The molecule has 0 aliphatic carbocycles. The monoisotopic (exact) mass is 266 g/mol. The van der Waals surface area contributed by atoms with Gasteiger partial charge in [0.1, 0.15) is 5.75 Å². The summed E-state index contributed by atoms with van der Waals surface area (Å²) in [6.07, 6.45) is 2.60. The molecule has 19 heavy (non-hydrogen) atoms. The van der Waals surface area contributed by atoms with Gasteiger partial charge in [-0.3, -0.25) is 4.98 Å². The van der Waals surface area contributed by atoms with E-state index in [1.807, 2.05) is 26.0 Å². The molecule has 0 bridgehead atoms. The number of nitrogens with two attached hydrogens (primary N) is 1. The molecule has 1 rings (SSSR count). The standard InChI is InChI=1S/C15H26N2O2/c1-4-13(16)11-14-15(8-7-12(3)17-14)19-10-6-9-18-5-2/h7-8,13H,4-6,9-11,16H2,1-3H3. The van der Waals surface area contributed by atoms with Crippen molar-refractivity contribution in [3.63, 3.8) is 0 Å². The SMILES string of the molecule is CCOCCCOc1ccc(C)nc1CC(N)CC. The van der Waals surface area contributed by atoms with Gasteiger partial charge in [0.25, 0.3) is 0 Å². The quantitative estimate of drug-likeness (QED) is 0.698. The summed E-state index contributed by atoms with van der Waals surface area (Å²) in [4.78, 5) is 4.54. The van der Waals surface area contributed by atoms with Gasteiger partial charge in [0, 0.05) is 37.8 Å². The molecule has 1 atom stereocenters. The van der Waals surface area contributed by atoms with Gasteiger partial charge in [0.15, 0.2) is 0 Å². The second kappa shape index (κ2) is 8.88. The van der Waals surface area contributed by atoms with Crippen LogP contribution in [-0.4, -0.2) is 30.8 Å². The van der Waals surface area contributed by atoms with Crippen LogP contribution >= 0.6 is 0 Å². The minimum Gasteiger partial charge on any atom is -0.492 e. The van der Waals surface area contributed by atoms with Crippen LogP contribution in [0.25, 0.3) is 0 Å². The summed E-state index contributed by atoms with van der Waals surface area (Å²) in [6.45, 7) is 8.21. The van der Waals surface area contributed by atoms with Crippen LogP contribution in [0, 0.1) is 6.92 Å². The lowest BCUT2D eigenvalue weighted by molar-refractivity contribution is 0.130. The average molecular weight is 266 g/mol. The molecule has 0 spiro atoms. The molecule has 0 aliphatic rings. The Morgan fingerprint density at radius 1 is 1.26 bits per heavy atom. The second-order valence-corrected chi connectivity index (χ2v) is 4.67. The molecule has 1 aromatic heterocycles. The molecule has 4 heteroatoms. The van der Waals surface area contributed by atoms with Gasteiger partial charge in [-0.1, -0.05) is 6.92 Å². The summed E-state index contributed by atoms with van der Waals surface area (Å²) in [5.74, 6) is 0.853. The van der Waals surface area contributed by atoms with E-state index in [1.54, 1.807) is 0 Å². The minimum absolute atomic E-state index is 0.139. The van der Waals surface area contributed by atoms with Crippen molar-refractivity contribution >= 4 is 0 Å². The van der Waals surface area contributed by atoms with Gasteiger partial charge in [-0.05, 0) is 32.4 Å². The zero-order valence-electron chi connectivity index (χ0n) is 12.3. The Morgan fingerprint density at radius 2 is 2.05 bits per heavy atom. The Kier molecular flexibility index (Phi) is 7.45. The maximum Gasteiger partial charge on any atom is 0.140 e. The zero-order chi connectivity index (χ0) is 14.1. The van der Waals surface area contributed by atoms with E-state index in [-0.39, 0.29) is 6.04 Å². The van der Waals surface area contributed by atoms with Crippen molar-refractivity contribution in [2.45, 2.75) is 46.1 Å². The highest BCUT2D eigenvalue weighted by Crippen LogP contribution is 2.19. The number of pyridine rings is 1. The molecule has 1 unspecified atom stereocenters. The maximum atomic E-state index is 6.00. The van der Waals surface area contributed by atoms with Crippen LogP contribution in [-0.2, 0) is 11.2 Å². The second-order valence-electron chi connectivity index (χ2n) is 4.67. The van der Waals surface area contributed by atoms with E-state index >= 15 is 0 Å². The molecule has 1 aromatic rings. The van der Waals surface area contributed by atoms with E-state index in [1.165, 1.54) is 0 Å². The third-order valence-corrected chi connectivity index (χ3v) is 2.95. The van der Waals surface area contributed by atoms with Crippen LogP contribution in [0.4, 0.5) is 0 Å². The number of hydrogen-bond donors (Lipinski definition) is 1. The molecule has 108 valence electrons. The first-order chi connectivity index (χ1) is 9.17. The lowest BCUT2D eigenvalue weighted by Gasteiger charge is -2.14. The molecule has 0 amide bonds. The molecule has 0 radical (unpaired) electrons. The van der Waals surface area contributed by atoms with Gasteiger partial charge in [0.2, 0.25) is 0 Å². The van der Waals surface area contributed by atoms with Crippen LogP contribution in [0.2, 0.25) is 0 Å². The van der Waals surface area contributed by atoms with Gasteiger partial charge in [-0.25, -0.2) is 0 Å². The molecule has 4 nitrogen and oxygen atoms in total. The number of ether oxygens (including phenoxy) is 2. The number of hydrogen-bond acceptors (Lipinski definition) is 4. The van der Waals surface area contributed by atoms with Gasteiger partial charge in [-0.15, -0.1) is 0 Å².